The quantitative estimate of drug-likeness (QED) is 0.745. The second kappa shape index (κ2) is 6.64. The zero-order valence-corrected chi connectivity index (χ0v) is 13.8. The lowest BCUT2D eigenvalue weighted by atomic mass is 9.73. The van der Waals surface area contributed by atoms with Crippen molar-refractivity contribution in [3.8, 4) is 0 Å². The summed E-state index contributed by atoms with van der Waals surface area (Å²) < 4.78 is 4.86. The van der Waals surface area contributed by atoms with E-state index in [1.54, 1.807) is 0 Å². The molecule has 1 aliphatic carbocycles. The summed E-state index contributed by atoms with van der Waals surface area (Å²) in [5, 5.41) is 0. The first-order valence-electron chi connectivity index (χ1n) is 8.09. The first-order valence-corrected chi connectivity index (χ1v) is 8.09. The number of carbonyl (C=O) groups excluding carboxylic acids is 1. The molecule has 2 rings (SSSR count). The molecular weight excluding hydrogens is 260 g/mol. The summed E-state index contributed by atoms with van der Waals surface area (Å²) in [5.41, 5.74) is 2.94. The molecule has 0 N–H and O–H groups in total. The van der Waals surface area contributed by atoms with Crippen molar-refractivity contribution in [2.24, 2.45) is 5.92 Å². The van der Waals surface area contributed by atoms with Crippen molar-refractivity contribution in [2.45, 2.75) is 64.2 Å². The van der Waals surface area contributed by atoms with Gasteiger partial charge < -0.3 is 4.74 Å². The lowest BCUT2D eigenvalue weighted by molar-refractivity contribution is -0.142. The SMILES string of the molecule is COC(=O)CC1CCCCC1c1ccc(C(C)(C)C)cc1. The van der Waals surface area contributed by atoms with Gasteiger partial charge in [-0.3, -0.25) is 4.79 Å². The van der Waals surface area contributed by atoms with Gasteiger partial charge in [0.2, 0.25) is 0 Å². The average Bonchev–Trinajstić information content (AvgIpc) is 2.47. The maximum Gasteiger partial charge on any atom is 0.305 e. The first kappa shape index (κ1) is 16.1. The normalized spacial score (nSPS) is 22.9. The minimum absolute atomic E-state index is 0.0711. The van der Waals surface area contributed by atoms with Crippen molar-refractivity contribution in [1.82, 2.24) is 0 Å². The molecule has 2 unspecified atom stereocenters. The molecule has 116 valence electrons. The van der Waals surface area contributed by atoms with Crippen molar-refractivity contribution in [2.75, 3.05) is 7.11 Å². The molecule has 1 saturated carbocycles. The van der Waals surface area contributed by atoms with E-state index in [0.29, 0.717) is 18.3 Å². The molecule has 0 bridgehead atoms. The predicted octanol–water partition coefficient (Wildman–Crippen LogP) is 4.82. The summed E-state index contributed by atoms with van der Waals surface area (Å²) in [6.07, 6.45) is 5.39. The Labute approximate surface area is 128 Å². The number of hydrogen-bond donors (Lipinski definition) is 0. The van der Waals surface area contributed by atoms with Crippen molar-refractivity contribution in [3.63, 3.8) is 0 Å². The molecule has 1 aromatic rings. The van der Waals surface area contributed by atoms with Crippen LogP contribution < -0.4 is 0 Å². The monoisotopic (exact) mass is 288 g/mol. The van der Waals surface area contributed by atoms with E-state index in [1.807, 2.05) is 0 Å². The Morgan fingerprint density at radius 3 is 2.33 bits per heavy atom. The second-order valence-corrected chi connectivity index (χ2v) is 7.30. The highest BCUT2D eigenvalue weighted by molar-refractivity contribution is 5.69. The molecule has 2 heteroatoms. The Morgan fingerprint density at radius 2 is 1.76 bits per heavy atom. The number of rotatable bonds is 3. The van der Waals surface area contributed by atoms with Crippen molar-refractivity contribution in [1.29, 1.82) is 0 Å². The molecule has 1 aromatic carbocycles. The highest BCUT2D eigenvalue weighted by atomic mass is 16.5. The molecule has 2 atom stereocenters. The molecule has 0 amide bonds. The van der Waals surface area contributed by atoms with Crippen LogP contribution in [0.25, 0.3) is 0 Å². The van der Waals surface area contributed by atoms with Crippen molar-refractivity contribution >= 4 is 5.97 Å². The van der Waals surface area contributed by atoms with E-state index in [9.17, 15) is 4.79 Å². The fourth-order valence-corrected chi connectivity index (χ4v) is 3.42. The van der Waals surface area contributed by atoms with Gasteiger partial charge in [0.25, 0.3) is 0 Å². The van der Waals surface area contributed by atoms with Crippen LogP contribution in [-0.4, -0.2) is 13.1 Å². The van der Waals surface area contributed by atoms with Crippen LogP contribution >= 0.6 is 0 Å². The van der Waals surface area contributed by atoms with E-state index in [4.69, 9.17) is 4.74 Å². The van der Waals surface area contributed by atoms with Crippen LogP contribution in [0.3, 0.4) is 0 Å². The number of ether oxygens (including phenoxy) is 1. The van der Waals surface area contributed by atoms with E-state index in [2.05, 4.69) is 45.0 Å². The van der Waals surface area contributed by atoms with Crippen LogP contribution in [0.15, 0.2) is 24.3 Å². The van der Waals surface area contributed by atoms with Gasteiger partial charge in [0.05, 0.1) is 7.11 Å². The van der Waals surface area contributed by atoms with Crippen LogP contribution in [0, 0.1) is 5.92 Å². The van der Waals surface area contributed by atoms with Crippen LogP contribution in [0.2, 0.25) is 0 Å². The number of esters is 1. The van der Waals surface area contributed by atoms with Crippen LogP contribution in [0.5, 0.6) is 0 Å². The van der Waals surface area contributed by atoms with E-state index in [-0.39, 0.29) is 11.4 Å². The summed E-state index contributed by atoms with van der Waals surface area (Å²) in [6, 6.07) is 9.03. The smallest absolute Gasteiger partial charge is 0.305 e. The second-order valence-electron chi connectivity index (χ2n) is 7.30. The van der Waals surface area contributed by atoms with Crippen LogP contribution in [-0.2, 0) is 14.9 Å². The molecule has 0 aromatic heterocycles. The molecule has 21 heavy (non-hydrogen) atoms. The number of methoxy groups -OCH3 is 1. The standard InChI is InChI=1S/C19H28O2/c1-19(2,3)16-11-9-14(10-12-16)17-8-6-5-7-15(17)13-18(20)21-4/h9-12,15,17H,5-8,13H2,1-4H3. The van der Waals surface area contributed by atoms with Crippen molar-refractivity contribution in [3.05, 3.63) is 35.4 Å². The van der Waals surface area contributed by atoms with Crippen molar-refractivity contribution < 1.29 is 9.53 Å². The van der Waals surface area contributed by atoms with E-state index in [0.717, 1.165) is 6.42 Å². The molecular formula is C19H28O2. The molecule has 0 heterocycles. The molecule has 1 aliphatic rings. The number of benzene rings is 1. The number of hydrogen-bond acceptors (Lipinski definition) is 2. The molecule has 1 fully saturated rings. The summed E-state index contributed by atoms with van der Waals surface area (Å²) in [5.74, 6) is 0.872. The fraction of sp³-hybridized carbons (Fsp3) is 0.632. The first-order chi connectivity index (χ1) is 9.91. The van der Waals surface area contributed by atoms with Gasteiger partial charge in [-0.15, -0.1) is 0 Å². The molecule has 0 saturated heterocycles. The van der Waals surface area contributed by atoms with Gasteiger partial charge in [-0.05, 0) is 41.2 Å². The molecule has 0 spiro atoms. The van der Waals surface area contributed by atoms with Crippen LogP contribution in [0.1, 0.15) is 69.9 Å². The van der Waals surface area contributed by atoms with E-state index >= 15 is 0 Å². The van der Waals surface area contributed by atoms with E-state index in [1.165, 1.54) is 37.5 Å². The maximum atomic E-state index is 11.6. The van der Waals surface area contributed by atoms with Crippen LogP contribution in [0.4, 0.5) is 0 Å². The minimum Gasteiger partial charge on any atom is -0.469 e. The third kappa shape index (κ3) is 4.09. The van der Waals surface area contributed by atoms with Gasteiger partial charge in [-0.2, -0.15) is 0 Å². The lowest BCUT2D eigenvalue weighted by Crippen LogP contribution is -2.21. The Hall–Kier alpha value is -1.31. The third-order valence-corrected chi connectivity index (χ3v) is 4.77. The van der Waals surface area contributed by atoms with Gasteiger partial charge in [-0.25, -0.2) is 0 Å². The highest BCUT2D eigenvalue weighted by Crippen LogP contribution is 2.40. The Kier molecular flexibility index (Phi) is 5.08. The van der Waals surface area contributed by atoms with Gasteiger partial charge in [0.15, 0.2) is 0 Å². The zero-order chi connectivity index (χ0) is 15.5. The number of carbonyl (C=O) groups is 1. The van der Waals surface area contributed by atoms with E-state index < -0.39 is 0 Å². The predicted molar refractivity (Wildman–Crippen MR) is 86.5 cm³/mol. The average molecular weight is 288 g/mol. The zero-order valence-electron chi connectivity index (χ0n) is 13.8. The minimum atomic E-state index is -0.0711. The molecule has 0 aliphatic heterocycles. The van der Waals surface area contributed by atoms with Gasteiger partial charge in [-0.1, -0.05) is 57.9 Å². The fourth-order valence-electron chi connectivity index (χ4n) is 3.42. The highest BCUT2D eigenvalue weighted by Gasteiger charge is 2.28. The Bertz CT molecular complexity index is 467. The maximum absolute atomic E-state index is 11.6. The summed E-state index contributed by atoms with van der Waals surface area (Å²) in [7, 11) is 1.48. The topological polar surface area (TPSA) is 26.3 Å². The Morgan fingerprint density at radius 1 is 1.14 bits per heavy atom. The Balaban J connectivity index is 2.15. The van der Waals surface area contributed by atoms with Gasteiger partial charge in [0.1, 0.15) is 0 Å². The van der Waals surface area contributed by atoms with Gasteiger partial charge >= 0.3 is 5.97 Å². The lowest BCUT2D eigenvalue weighted by Gasteiger charge is -2.31. The molecule has 2 nitrogen and oxygen atoms in total. The summed E-state index contributed by atoms with van der Waals surface area (Å²) >= 11 is 0. The summed E-state index contributed by atoms with van der Waals surface area (Å²) in [4.78, 5) is 11.6. The third-order valence-electron chi connectivity index (χ3n) is 4.77. The summed E-state index contributed by atoms with van der Waals surface area (Å²) in [6.45, 7) is 6.72. The largest absolute Gasteiger partial charge is 0.469 e. The molecule has 0 radical (unpaired) electrons. The van der Waals surface area contributed by atoms with Gasteiger partial charge in [0, 0.05) is 6.42 Å².